The van der Waals surface area contributed by atoms with E-state index in [-0.39, 0.29) is 5.41 Å². The molecule has 0 N–H and O–H groups in total. The van der Waals surface area contributed by atoms with Crippen LogP contribution in [0, 0.1) is 5.92 Å². The Kier molecular flexibility index (Phi) is 4.00. The minimum atomic E-state index is -4.25. The molecule has 24 heavy (non-hydrogen) atoms. The van der Waals surface area contributed by atoms with Crippen molar-refractivity contribution in [2.75, 3.05) is 0 Å². The zero-order valence-corrected chi connectivity index (χ0v) is 14.4. The van der Waals surface area contributed by atoms with Crippen molar-refractivity contribution in [2.24, 2.45) is 5.92 Å². The minimum Gasteiger partial charge on any atom is -0.269 e. The van der Waals surface area contributed by atoms with Gasteiger partial charge in [0.2, 0.25) is 0 Å². The molecule has 2 unspecified atom stereocenters. The van der Waals surface area contributed by atoms with E-state index in [1.165, 1.54) is 6.20 Å². The molecule has 2 heterocycles. The summed E-state index contributed by atoms with van der Waals surface area (Å²) in [5.41, 5.74) is 1.48. The predicted molar refractivity (Wildman–Crippen MR) is 84.8 cm³/mol. The normalized spacial score (nSPS) is 21.5. The Balaban J connectivity index is 1.72. The van der Waals surface area contributed by atoms with E-state index in [9.17, 15) is 13.2 Å². The summed E-state index contributed by atoms with van der Waals surface area (Å²) in [7, 11) is 0. The Morgan fingerprint density at radius 3 is 2.46 bits per heavy atom. The van der Waals surface area contributed by atoms with Crippen molar-refractivity contribution in [2.45, 2.75) is 64.2 Å². The molecule has 2 aromatic rings. The maximum Gasteiger partial charge on any atom is 0.408 e. The second-order valence-electron chi connectivity index (χ2n) is 7.52. The topological polar surface area (TPSA) is 35.6 Å². The number of alkyl halides is 3. The molecule has 0 bridgehead atoms. The highest BCUT2D eigenvalue weighted by molar-refractivity contribution is 5.20. The van der Waals surface area contributed by atoms with E-state index in [2.05, 4.69) is 24.0 Å². The van der Waals surface area contributed by atoms with E-state index < -0.39 is 12.7 Å². The molecule has 3 rings (SSSR count). The summed E-state index contributed by atoms with van der Waals surface area (Å²) in [6.45, 7) is 7.26. The monoisotopic (exact) mass is 340 g/mol. The van der Waals surface area contributed by atoms with Gasteiger partial charge in [-0.05, 0) is 30.4 Å². The molecule has 0 saturated heterocycles. The average Bonchev–Trinajstić information content (AvgIpc) is 2.91. The first-order chi connectivity index (χ1) is 11.1. The Hall–Kier alpha value is -1.79. The predicted octanol–water partition coefficient (Wildman–Crippen LogP) is 4.30. The first-order valence-corrected chi connectivity index (χ1v) is 8.23. The third-order valence-electron chi connectivity index (χ3n) is 4.89. The Bertz CT molecular complexity index is 711. The lowest BCUT2D eigenvalue weighted by Gasteiger charge is -2.23. The highest BCUT2D eigenvalue weighted by Crippen LogP contribution is 2.54. The van der Waals surface area contributed by atoms with Crippen molar-refractivity contribution >= 4 is 0 Å². The second kappa shape index (κ2) is 5.63. The quantitative estimate of drug-likeness (QED) is 0.813. The first-order valence-electron chi connectivity index (χ1n) is 8.23. The average molecular weight is 340 g/mol. The van der Waals surface area contributed by atoms with Gasteiger partial charge in [0.15, 0.2) is 0 Å². The van der Waals surface area contributed by atoms with Crippen LogP contribution in [0.4, 0.5) is 13.2 Å². The number of rotatable bonds is 5. The third kappa shape index (κ3) is 3.35. The van der Waals surface area contributed by atoms with Crippen molar-refractivity contribution < 1.29 is 13.2 Å². The molecule has 4 nitrogen and oxygen atoms in total. The zero-order valence-electron chi connectivity index (χ0n) is 14.4. The van der Waals surface area contributed by atoms with Crippen LogP contribution in [0.5, 0.6) is 0 Å². The Morgan fingerprint density at radius 2 is 1.88 bits per heavy atom. The molecular weight excluding hydrogens is 317 g/mol. The number of aromatic nitrogens is 4. The maximum atomic E-state index is 12.5. The maximum absolute atomic E-state index is 12.5. The molecule has 1 aliphatic rings. The van der Waals surface area contributed by atoms with E-state index in [1.54, 1.807) is 6.07 Å². The molecule has 0 aromatic carbocycles. The van der Waals surface area contributed by atoms with Crippen LogP contribution in [0.3, 0.4) is 0 Å². The van der Waals surface area contributed by atoms with Crippen LogP contribution in [0.25, 0.3) is 0 Å². The van der Waals surface area contributed by atoms with Gasteiger partial charge in [-0.15, -0.1) is 0 Å². The van der Waals surface area contributed by atoms with Crippen LogP contribution in [-0.4, -0.2) is 25.7 Å². The number of hydrogen-bond donors (Lipinski definition) is 0. The van der Waals surface area contributed by atoms with Crippen molar-refractivity contribution in [3.05, 3.63) is 35.9 Å². The fourth-order valence-corrected chi connectivity index (χ4v) is 3.26. The summed E-state index contributed by atoms with van der Waals surface area (Å²) in [6, 6.07) is 4.02. The lowest BCUT2D eigenvalue weighted by atomic mass is 9.83. The SMILES string of the molecule is CC(C)c1ccn(C2CC2C(C)(C)c2ccn(CC(F)(F)F)n2)n1. The van der Waals surface area contributed by atoms with Crippen LogP contribution in [-0.2, 0) is 12.0 Å². The van der Waals surface area contributed by atoms with Gasteiger partial charge in [-0.25, -0.2) is 0 Å². The lowest BCUT2D eigenvalue weighted by Crippen LogP contribution is -2.24. The highest BCUT2D eigenvalue weighted by Gasteiger charge is 2.51. The van der Waals surface area contributed by atoms with Crippen LogP contribution in [0.1, 0.15) is 57.5 Å². The first kappa shape index (κ1) is 17.0. The molecule has 1 saturated carbocycles. The highest BCUT2D eigenvalue weighted by atomic mass is 19.4. The van der Waals surface area contributed by atoms with Gasteiger partial charge in [-0.2, -0.15) is 23.4 Å². The van der Waals surface area contributed by atoms with Gasteiger partial charge in [0.1, 0.15) is 6.54 Å². The van der Waals surface area contributed by atoms with Gasteiger partial charge in [0.05, 0.1) is 17.4 Å². The molecule has 0 spiro atoms. The van der Waals surface area contributed by atoms with E-state index in [0.717, 1.165) is 16.8 Å². The molecule has 1 fully saturated rings. The number of nitrogens with zero attached hydrogens (tertiary/aromatic N) is 4. The summed E-state index contributed by atoms with van der Waals surface area (Å²) < 4.78 is 40.5. The lowest BCUT2D eigenvalue weighted by molar-refractivity contribution is -0.142. The van der Waals surface area contributed by atoms with Crippen LogP contribution in [0.2, 0.25) is 0 Å². The largest absolute Gasteiger partial charge is 0.408 e. The summed E-state index contributed by atoms with van der Waals surface area (Å²) in [5, 5.41) is 8.78. The Labute approximate surface area is 139 Å². The van der Waals surface area contributed by atoms with Gasteiger partial charge in [-0.1, -0.05) is 27.7 Å². The van der Waals surface area contributed by atoms with Gasteiger partial charge < -0.3 is 0 Å². The molecule has 2 aromatic heterocycles. The van der Waals surface area contributed by atoms with Crippen molar-refractivity contribution in [3.63, 3.8) is 0 Å². The Morgan fingerprint density at radius 1 is 1.17 bits per heavy atom. The minimum absolute atomic E-state index is 0.286. The van der Waals surface area contributed by atoms with Crippen LogP contribution < -0.4 is 0 Å². The second-order valence-corrected chi connectivity index (χ2v) is 7.52. The number of hydrogen-bond acceptors (Lipinski definition) is 2. The molecule has 0 amide bonds. The zero-order chi connectivity index (χ0) is 17.7. The van der Waals surface area contributed by atoms with E-state index in [0.29, 0.717) is 23.6 Å². The fraction of sp³-hybridized carbons (Fsp3) is 0.647. The van der Waals surface area contributed by atoms with E-state index >= 15 is 0 Å². The molecule has 0 radical (unpaired) electrons. The standard InChI is InChI=1S/C17H23F3N4/c1-11(2)13-5-8-24(21-13)14-9-12(14)16(3,4)15-6-7-23(22-15)10-17(18,19)20/h5-8,11-12,14H,9-10H2,1-4H3. The molecule has 0 aliphatic heterocycles. The van der Waals surface area contributed by atoms with Crippen LogP contribution in [0.15, 0.2) is 24.5 Å². The summed E-state index contributed by atoms with van der Waals surface area (Å²) >= 11 is 0. The van der Waals surface area contributed by atoms with Gasteiger partial charge in [-0.3, -0.25) is 9.36 Å². The molecule has 7 heteroatoms. The number of halogens is 3. The van der Waals surface area contributed by atoms with Gasteiger partial charge >= 0.3 is 6.18 Å². The van der Waals surface area contributed by atoms with Crippen molar-refractivity contribution in [1.29, 1.82) is 0 Å². The third-order valence-corrected chi connectivity index (χ3v) is 4.89. The smallest absolute Gasteiger partial charge is 0.269 e. The van der Waals surface area contributed by atoms with Gasteiger partial charge in [0, 0.05) is 17.8 Å². The summed E-state index contributed by atoms with van der Waals surface area (Å²) in [6.07, 6.45) is 0.126. The van der Waals surface area contributed by atoms with E-state index in [1.807, 2.05) is 30.8 Å². The molecule has 2 atom stereocenters. The van der Waals surface area contributed by atoms with Crippen molar-refractivity contribution in [3.8, 4) is 0 Å². The van der Waals surface area contributed by atoms with Crippen LogP contribution >= 0.6 is 0 Å². The molecule has 132 valence electrons. The van der Waals surface area contributed by atoms with Gasteiger partial charge in [0.25, 0.3) is 0 Å². The van der Waals surface area contributed by atoms with Crippen molar-refractivity contribution in [1.82, 2.24) is 19.6 Å². The summed E-state index contributed by atoms with van der Waals surface area (Å²) in [5.74, 6) is 0.709. The fourth-order valence-electron chi connectivity index (χ4n) is 3.26. The molecule has 1 aliphatic carbocycles. The summed E-state index contributed by atoms with van der Waals surface area (Å²) in [4.78, 5) is 0. The molecular formula is C17H23F3N4. The van der Waals surface area contributed by atoms with E-state index in [4.69, 9.17) is 0 Å².